The molecule has 0 saturated heterocycles. The molecule has 158 valence electrons. The predicted octanol–water partition coefficient (Wildman–Crippen LogP) is 4.68. The van der Waals surface area contributed by atoms with Crippen LogP contribution in [0, 0.1) is 0 Å². The number of para-hydroxylation sites is 1. The first-order valence-electron chi connectivity index (χ1n) is 10.6. The van der Waals surface area contributed by atoms with Crippen molar-refractivity contribution in [3.63, 3.8) is 0 Å². The van der Waals surface area contributed by atoms with E-state index in [2.05, 4.69) is 23.3 Å². The van der Waals surface area contributed by atoms with Crippen LogP contribution >= 0.6 is 0 Å². The lowest BCUT2D eigenvalue weighted by molar-refractivity contribution is -0.132. The Bertz CT molecular complexity index is 941. The van der Waals surface area contributed by atoms with Gasteiger partial charge in [-0.1, -0.05) is 43.7 Å². The van der Waals surface area contributed by atoms with E-state index in [0.29, 0.717) is 26.2 Å². The molecule has 0 saturated carbocycles. The summed E-state index contributed by atoms with van der Waals surface area (Å²) in [5.41, 5.74) is 3.05. The number of fused-ring (bicyclic) bond motifs is 1. The molecule has 3 rings (SSSR count). The van der Waals surface area contributed by atoms with Crippen LogP contribution in [0.15, 0.2) is 60.8 Å². The Morgan fingerprint density at radius 3 is 2.63 bits per heavy atom. The molecule has 1 heterocycles. The number of unbranched alkanes of at least 4 members (excludes halogenated alkanes) is 1. The number of benzene rings is 2. The monoisotopic (exact) mass is 406 g/mol. The molecule has 3 aromatic rings. The van der Waals surface area contributed by atoms with Gasteiger partial charge in [-0.2, -0.15) is 0 Å². The summed E-state index contributed by atoms with van der Waals surface area (Å²) in [4.78, 5) is 16.8. The number of nitrogens with one attached hydrogen (secondary N) is 1. The second-order valence-electron chi connectivity index (χ2n) is 7.26. The average Bonchev–Trinajstić information content (AvgIpc) is 2.78. The average molecular weight is 407 g/mol. The van der Waals surface area contributed by atoms with Crippen molar-refractivity contribution < 1.29 is 14.3 Å². The molecule has 0 radical (unpaired) electrons. The van der Waals surface area contributed by atoms with Crippen LogP contribution < -0.4 is 10.1 Å². The zero-order valence-electron chi connectivity index (χ0n) is 17.8. The minimum atomic E-state index is -0.470. The number of rotatable bonds is 11. The molecule has 5 nitrogen and oxygen atoms in total. The first-order chi connectivity index (χ1) is 14.7. The molecule has 0 aliphatic rings. The van der Waals surface area contributed by atoms with Crippen LogP contribution in [0.5, 0.6) is 5.75 Å². The van der Waals surface area contributed by atoms with Gasteiger partial charge in [-0.15, -0.1) is 0 Å². The maximum Gasteiger partial charge on any atom is 0.249 e. The Balaban J connectivity index is 1.55. The lowest BCUT2D eigenvalue weighted by atomic mass is 10.1. The van der Waals surface area contributed by atoms with Gasteiger partial charge in [0.2, 0.25) is 5.91 Å². The van der Waals surface area contributed by atoms with Gasteiger partial charge in [0.05, 0.1) is 5.52 Å². The van der Waals surface area contributed by atoms with Gasteiger partial charge in [-0.05, 0) is 43.2 Å². The first-order valence-corrected chi connectivity index (χ1v) is 10.6. The Hall–Kier alpha value is -2.92. The zero-order valence-corrected chi connectivity index (χ0v) is 17.8. The van der Waals surface area contributed by atoms with Gasteiger partial charge < -0.3 is 14.8 Å². The number of nitrogens with zero attached hydrogens (tertiary/aromatic N) is 1. The molecule has 0 aliphatic heterocycles. The van der Waals surface area contributed by atoms with Crippen LogP contribution in [0.1, 0.15) is 37.8 Å². The summed E-state index contributed by atoms with van der Waals surface area (Å²) in [6.07, 6.45) is 3.95. The predicted molar refractivity (Wildman–Crippen MR) is 120 cm³/mol. The number of aromatic nitrogens is 1. The van der Waals surface area contributed by atoms with Crippen molar-refractivity contribution in [3.05, 3.63) is 71.9 Å². The van der Waals surface area contributed by atoms with Gasteiger partial charge in [-0.3, -0.25) is 9.78 Å². The van der Waals surface area contributed by atoms with Crippen molar-refractivity contribution in [2.45, 2.75) is 45.8 Å². The molecule has 0 spiro atoms. The summed E-state index contributed by atoms with van der Waals surface area (Å²) >= 11 is 0. The quantitative estimate of drug-likeness (QED) is 0.470. The van der Waals surface area contributed by atoms with Gasteiger partial charge in [0, 0.05) is 36.7 Å². The summed E-state index contributed by atoms with van der Waals surface area (Å²) in [7, 11) is 0. The molecule has 5 heteroatoms. The smallest absolute Gasteiger partial charge is 0.249 e. The molecule has 1 atom stereocenters. The maximum atomic E-state index is 12.4. The highest BCUT2D eigenvalue weighted by atomic mass is 16.5. The Labute approximate surface area is 178 Å². The Kier molecular flexibility index (Phi) is 8.21. The second kappa shape index (κ2) is 11.3. The van der Waals surface area contributed by atoms with E-state index in [4.69, 9.17) is 9.47 Å². The van der Waals surface area contributed by atoms with Gasteiger partial charge in [0.25, 0.3) is 0 Å². The molecule has 2 aromatic carbocycles. The molecular weight excluding hydrogens is 376 g/mol. The van der Waals surface area contributed by atoms with Crippen LogP contribution in [-0.2, 0) is 22.6 Å². The normalized spacial score (nSPS) is 11.9. The summed E-state index contributed by atoms with van der Waals surface area (Å²) in [5.74, 6) is 0.738. The first kappa shape index (κ1) is 21.8. The van der Waals surface area contributed by atoms with E-state index in [1.165, 1.54) is 0 Å². The third kappa shape index (κ3) is 6.29. The maximum absolute atomic E-state index is 12.4. The number of carbonyl (C=O) groups excluding carboxylic acids is 1. The van der Waals surface area contributed by atoms with Crippen LogP contribution in [0.25, 0.3) is 10.9 Å². The standard InChI is InChI=1S/C25H30N2O3/c1-3-5-14-26-25(28)24(29-4-2)16-19-10-12-22(13-11-19)30-18-20-15-21-8-6-7-9-23(21)27-17-20/h6-13,15,17,24H,3-5,14,16,18H2,1-2H3,(H,26,28). The molecule has 0 aliphatic carbocycles. The molecule has 30 heavy (non-hydrogen) atoms. The van der Waals surface area contributed by atoms with E-state index in [1.54, 1.807) is 0 Å². The molecule has 1 N–H and O–H groups in total. The van der Waals surface area contributed by atoms with Crippen molar-refractivity contribution in [2.75, 3.05) is 13.2 Å². The fourth-order valence-electron chi connectivity index (χ4n) is 3.23. The number of hydrogen-bond donors (Lipinski definition) is 1. The molecule has 1 unspecified atom stereocenters. The van der Waals surface area contributed by atoms with Crippen molar-refractivity contribution in [3.8, 4) is 5.75 Å². The number of ether oxygens (including phenoxy) is 2. The van der Waals surface area contributed by atoms with Gasteiger partial charge in [0.1, 0.15) is 18.5 Å². The van der Waals surface area contributed by atoms with Crippen LogP contribution in [0.2, 0.25) is 0 Å². The lowest BCUT2D eigenvalue weighted by Crippen LogP contribution is -2.38. The summed E-state index contributed by atoms with van der Waals surface area (Å²) < 4.78 is 11.6. The highest BCUT2D eigenvalue weighted by Gasteiger charge is 2.18. The summed E-state index contributed by atoms with van der Waals surface area (Å²) in [6.45, 7) is 5.66. The molecule has 1 amide bonds. The van der Waals surface area contributed by atoms with E-state index in [0.717, 1.165) is 40.6 Å². The Morgan fingerprint density at radius 1 is 1.07 bits per heavy atom. The van der Waals surface area contributed by atoms with Crippen LogP contribution in [0.3, 0.4) is 0 Å². The van der Waals surface area contributed by atoms with E-state index < -0.39 is 6.10 Å². The fourth-order valence-corrected chi connectivity index (χ4v) is 3.23. The van der Waals surface area contributed by atoms with Crippen molar-refractivity contribution in [2.24, 2.45) is 0 Å². The highest BCUT2D eigenvalue weighted by molar-refractivity contribution is 5.81. The van der Waals surface area contributed by atoms with E-state index in [-0.39, 0.29) is 5.91 Å². The molecule has 0 bridgehead atoms. The molecule has 0 fully saturated rings. The van der Waals surface area contributed by atoms with Crippen LogP contribution in [0.4, 0.5) is 0 Å². The minimum Gasteiger partial charge on any atom is -0.489 e. The molecular formula is C25H30N2O3. The number of pyridine rings is 1. The number of amides is 1. The van der Waals surface area contributed by atoms with E-state index in [1.807, 2.05) is 61.7 Å². The summed E-state index contributed by atoms with van der Waals surface area (Å²) in [6, 6.07) is 18.0. The minimum absolute atomic E-state index is 0.0468. The van der Waals surface area contributed by atoms with Gasteiger partial charge in [-0.25, -0.2) is 0 Å². The topological polar surface area (TPSA) is 60.5 Å². The Morgan fingerprint density at radius 2 is 1.87 bits per heavy atom. The largest absolute Gasteiger partial charge is 0.489 e. The molecule has 1 aromatic heterocycles. The number of carbonyl (C=O) groups is 1. The van der Waals surface area contributed by atoms with E-state index >= 15 is 0 Å². The third-order valence-electron chi connectivity index (χ3n) is 4.89. The van der Waals surface area contributed by atoms with Crippen molar-refractivity contribution in [1.29, 1.82) is 0 Å². The SMILES string of the molecule is CCCCNC(=O)C(Cc1ccc(OCc2cnc3ccccc3c2)cc1)OCC. The summed E-state index contributed by atoms with van der Waals surface area (Å²) in [5, 5.41) is 4.06. The zero-order chi connectivity index (χ0) is 21.2. The second-order valence-corrected chi connectivity index (χ2v) is 7.26. The van der Waals surface area contributed by atoms with Crippen molar-refractivity contribution in [1.82, 2.24) is 10.3 Å². The fraction of sp³-hybridized carbons (Fsp3) is 0.360. The van der Waals surface area contributed by atoms with Crippen molar-refractivity contribution >= 4 is 16.8 Å². The highest BCUT2D eigenvalue weighted by Crippen LogP contribution is 2.18. The van der Waals surface area contributed by atoms with E-state index in [9.17, 15) is 4.79 Å². The number of hydrogen-bond acceptors (Lipinski definition) is 4. The third-order valence-corrected chi connectivity index (χ3v) is 4.89. The van der Waals surface area contributed by atoms with Gasteiger partial charge in [0.15, 0.2) is 0 Å². The lowest BCUT2D eigenvalue weighted by Gasteiger charge is -2.17. The van der Waals surface area contributed by atoms with Gasteiger partial charge >= 0.3 is 0 Å². The van der Waals surface area contributed by atoms with Crippen LogP contribution in [-0.4, -0.2) is 30.1 Å².